The minimum absolute atomic E-state index is 1.84. The van der Waals surface area contributed by atoms with Gasteiger partial charge in [0.25, 0.3) is 0 Å². The van der Waals surface area contributed by atoms with E-state index in [1.807, 2.05) is 0 Å². The van der Waals surface area contributed by atoms with Crippen LogP contribution in [0.5, 0.6) is 0 Å². The summed E-state index contributed by atoms with van der Waals surface area (Å²) in [5.74, 6) is -3.77. The topological polar surface area (TPSA) is 127 Å². The highest BCUT2D eigenvalue weighted by molar-refractivity contribution is 5.81. The van der Waals surface area contributed by atoms with Crippen molar-refractivity contribution in [3.8, 4) is 0 Å². The van der Waals surface area contributed by atoms with Crippen molar-refractivity contribution in [2.24, 2.45) is 5.73 Å². The van der Waals surface area contributed by atoms with E-state index in [0.29, 0.717) is 0 Å². The molecule has 0 fully saturated rings. The second-order valence-electron chi connectivity index (χ2n) is 1.61. The Morgan fingerprint density at radius 2 is 1.70 bits per heavy atom. The number of carboxylic acid groups (broad SMARTS) is 2. The van der Waals surface area contributed by atoms with Gasteiger partial charge in [0.1, 0.15) is 6.10 Å². The normalized spacial score (nSPS) is 15.8. The number of aliphatic hydroxyl groups excluding tert-OH is 1. The molecule has 0 aromatic carbocycles. The first-order valence-corrected chi connectivity index (χ1v) is 2.32. The average Bonchev–Trinajstić information content (AvgIpc) is 1.84. The Hall–Kier alpha value is -1.14. The van der Waals surface area contributed by atoms with Gasteiger partial charge in [-0.1, -0.05) is 0 Å². The largest absolute Gasteiger partial charge is 0.548 e. The van der Waals surface area contributed by atoms with Crippen LogP contribution in [-0.2, 0) is 9.59 Å². The predicted octanol–water partition coefficient (Wildman–Crippen LogP) is -4.83. The van der Waals surface area contributed by atoms with Crippen LogP contribution < -0.4 is 15.9 Å². The number of carbonyl (C=O) groups is 2. The molecule has 3 N–H and O–H groups in total. The monoisotopic (exact) mass is 147 g/mol. The fourth-order valence-corrected chi connectivity index (χ4v) is 0.276. The molecule has 2 atom stereocenters. The molecule has 0 heterocycles. The quantitative estimate of drug-likeness (QED) is 0.412. The summed E-state index contributed by atoms with van der Waals surface area (Å²) < 4.78 is 0. The lowest BCUT2D eigenvalue weighted by Crippen LogP contribution is -2.55. The third kappa shape index (κ3) is 2.00. The lowest BCUT2D eigenvalue weighted by Gasteiger charge is -2.19. The molecule has 0 saturated carbocycles. The van der Waals surface area contributed by atoms with Gasteiger partial charge < -0.3 is 30.6 Å². The molecular formula is C4H5NO5-2. The Labute approximate surface area is 55.9 Å². The molecular weight excluding hydrogens is 142 g/mol. The van der Waals surface area contributed by atoms with Crippen LogP contribution in [0.1, 0.15) is 0 Å². The molecule has 10 heavy (non-hydrogen) atoms. The van der Waals surface area contributed by atoms with Gasteiger partial charge in [0.05, 0.1) is 18.0 Å². The first-order chi connectivity index (χ1) is 4.46. The van der Waals surface area contributed by atoms with Crippen LogP contribution in [0.3, 0.4) is 0 Å². The molecule has 6 nitrogen and oxygen atoms in total. The van der Waals surface area contributed by atoms with Crippen LogP contribution in [-0.4, -0.2) is 29.2 Å². The summed E-state index contributed by atoms with van der Waals surface area (Å²) >= 11 is 0. The van der Waals surface area contributed by atoms with Crippen LogP contribution >= 0.6 is 0 Å². The summed E-state index contributed by atoms with van der Waals surface area (Å²) in [6.45, 7) is 0. The first-order valence-electron chi connectivity index (χ1n) is 2.32. The molecule has 6 heteroatoms. The Morgan fingerprint density at radius 3 is 1.80 bits per heavy atom. The zero-order valence-electron chi connectivity index (χ0n) is 4.81. The standard InChI is InChI=1S/C4H7NO5/c5-1(3(7)8)2(6)4(9)10/h1-2,6H,5H2,(H,7,8)(H,9,10)/p-2/t1-,2+/m0/s1. The maximum atomic E-state index is 9.76. The Kier molecular flexibility index (Phi) is 2.78. The van der Waals surface area contributed by atoms with Crippen molar-refractivity contribution in [2.75, 3.05) is 0 Å². The van der Waals surface area contributed by atoms with Crippen molar-refractivity contribution in [2.45, 2.75) is 12.1 Å². The van der Waals surface area contributed by atoms with Crippen molar-refractivity contribution < 1.29 is 24.9 Å². The van der Waals surface area contributed by atoms with Gasteiger partial charge in [-0.15, -0.1) is 0 Å². The van der Waals surface area contributed by atoms with E-state index < -0.39 is 24.1 Å². The minimum Gasteiger partial charge on any atom is -0.548 e. The van der Waals surface area contributed by atoms with Crippen molar-refractivity contribution in [1.29, 1.82) is 0 Å². The van der Waals surface area contributed by atoms with E-state index in [1.54, 1.807) is 0 Å². The van der Waals surface area contributed by atoms with Gasteiger partial charge in [-0.3, -0.25) is 0 Å². The smallest absolute Gasteiger partial charge is 0.114 e. The van der Waals surface area contributed by atoms with Gasteiger partial charge in [-0.2, -0.15) is 0 Å². The number of aliphatic carboxylic acids is 2. The van der Waals surface area contributed by atoms with E-state index >= 15 is 0 Å². The van der Waals surface area contributed by atoms with Crippen LogP contribution in [0.4, 0.5) is 0 Å². The molecule has 0 aliphatic heterocycles. The van der Waals surface area contributed by atoms with Gasteiger partial charge >= 0.3 is 0 Å². The highest BCUT2D eigenvalue weighted by Gasteiger charge is 2.15. The van der Waals surface area contributed by atoms with Crippen LogP contribution in [0.15, 0.2) is 0 Å². The summed E-state index contributed by atoms with van der Waals surface area (Å²) in [4.78, 5) is 19.5. The molecule has 0 amide bonds. The van der Waals surface area contributed by atoms with E-state index in [1.165, 1.54) is 0 Å². The predicted molar refractivity (Wildman–Crippen MR) is 24.0 cm³/mol. The number of carboxylic acids is 2. The Balaban J connectivity index is 4.07. The maximum absolute atomic E-state index is 9.76. The van der Waals surface area contributed by atoms with Crippen molar-refractivity contribution in [1.82, 2.24) is 0 Å². The summed E-state index contributed by atoms with van der Waals surface area (Å²) in [5.41, 5.74) is 4.63. The zero-order valence-corrected chi connectivity index (χ0v) is 4.81. The third-order valence-corrected chi connectivity index (χ3v) is 0.854. The van der Waals surface area contributed by atoms with Crippen molar-refractivity contribution in [3.63, 3.8) is 0 Å². The maximum Gasteiger partial charge on any atom is 0.114 e. The first kappa shape index (κ1) is 8.86. The van der Waals surface area contributed by atoms with Crippen molar-refractivity contribution in [3.05, 3.63) is 0 Å². The van der Waals surface area contributed by atoms with Gasteiger partial charge in [-0.05, 0) is 0 Å². The number of nitrogens with two attached hydrogens (primary N) is 1. The number of rotatable bonds is 3. The van der Waals surface area contributed by atoms with E-state index in [4.69, 9.17) is 5.11 Å². The van der Waals surface area contributed by atoms with E-state index in [9.17, 15) is 19.8 Å². The van der Waals surface area contributed by atoms with E-state index in [0.717, 1.165) is 0 Å². The highest BCUT2D eigenvalue weighted by Crippen LogP contribution is 1.85. The highest BCUT2D eigenvalue weighted by atomic mass is 16.4. The summed E-state index contributed by atoms with van der Waals surface area (Å²) in [5, 5.41) is 27.8. The third-order valence-electron chi connectivity index (χ3n) is 0.854. The minimum atomic E-state index is -2.22. The number of carbonyl (C=O) groups excluding carboxylic acids is 2. The molecule has 0 aromatic heterocycles. The number of aliphatic hydroxyl groups is 1. The summed E-state index contributed by atoms with van der Waals surface area (Å²) in [7, 11) is 0. The number of hydrogen-bond donors (Lipinski definition) is 2. The lowest BCUT2D eigenvalue weighted by atomic mass is 10.2. The fourth-order valence-electron chi connectivity index (χ4n) is 0.276. The molecule has 0 unspecified atom stereocenters. The molecule has 0 aliphatic rings. The molecule has 0 aromatic rings. The zero-order chi connectivity index (χ0) is 8.31. The molecule has 0 saturated heterocycles. The fraction of sp³-hybridized carbons (Fsp3) is 0.500. The van der Waals surface area contributed by atoms with E-state index in [2.05, 4.69) is 5.73 Å². The molecule has 0 bridgehead atoms. The molecule has 0 spiro atoms. The Morgan fingerprint density at radius 1 is 1.30 bits per heavy atom. The lowest BCUT2D eigenvalue weighted by molar-refractivity contribution is -0.325. The Bertz CT molecular complexity index is 138. The van der Waals surface area contributed by atoms with E-state index in [-0.39, 0.29) is 0 Å². The number of hydrogen-bond acceptors (Lipinski definition) is 6. The molecule has 0 aliphatic carbocycles. The SMILES string of the molecule is N[C@H](C(=O)[O-])[C@@H](O)C(=O)[O-]. The second-order valence-corrected chi connectivity index (χ2v) is 1.61. The van der Waals surface area contributed by atoms with Gasteiger partial charge in [0.2, 0.25) is 0 Å². The average molecular weight is 147 g/mol. The molecule has 58 valence electrons. The second kappa shape index (κ2) is 3.14. The summed E-state index contributed by atoms with van der Waals surface area (Å²) in [6, 6.07) is -1.94. The van der Waals surface area contributed by atoms with Crippen LogP contribution in [0.25, 0.3) is 0 Å². The molecule has 0 rings (SSSR count). The van der Waals surface area contributed by atoms with Gasteiger partial charge in [-0.25, -0.2) is 0 Å². The summed E-state index contributed by atoms with van der Waals surface area (Å²) in [6.07, 6.45) is -2.22. The van der Waals surface area contributed by atoms with Gasteiger partial charge in [0.15, 0.2) is 0 Å². The van der Waals surface area contributed by atoms with Gasteiger partial charge in [0, 0.05) is 0 Å². The molecule has 0 radical (unpaired) electrons. The van der Waals surface area contributed by atoms with Crippen LogP contribution in [0.2, 0.25) is 0 Å². The van der Waals surface area contributed by atoms with Crippen LogP contribution in [0, 0.1) is 0 Å². The van der Waals surface area contributed by atoms with Crippen molar-refractivity contribution >= 4 is 11.9 Å².